The summed E-state index contributed by atoms with van der Waals surface area (Å²) >= 11 is 3.47. The van der Waals surface area contributed by atoms with Gasteiger partial charge in [0.1, 0.15) is 6.04 Å². The van der Waals surface area contributed by atoms with Crippen LogP contribution in [0.4, 0.5) is 5.69 Å². The third-order valence-corrected chi connectivity index (χ3v) is 9.16. The topological polar surface area (TPSA) is 86.8 Å². The molecule has 3 aromatic rings. The van der Waals surface area contributed by atoms with Crippen LogP contribution >= 0.6 is 15.9 Å². The van der Waals surface area contributed by atoms with E-state index in [0.29, 0.717) is 18.5 Å². The monoisotopic (exact) mass is 639 g/mol. The molecule has 218 valence electrons. The van der Waals surface area contributed by atoms with Gasteiger partial charge in [0, 0.05) is 36.4 Å². The third kappa shape index (κ3) is 9.16. The van der Waals surface area contributed by atoms with Gasteiger partial charge in [-0.3, -0.25) is 13.9 Å². The van der Waals surface area contributed by atoms with Crippen molar-refractivity contribution in [2.24, 2.45) is 0 Å². The number of hydrogen-bond donors (Lipinski definition) is 1. The highest BCUT2D eigenvalue weighted by Crippen LogP contribution is 2.22. The lowest BCUT2D eigenvalue weighted by Gasteiger charge is -2.33. The van der Waals surface area contributed by atoms with Crippen LogP contribution in [-0.2, 0) is 32.6 Å². The number of hydrogen-bond acceptors (Lipinski definition) is 4. The van der Waals surface area contributed by atoms with Gasteiger partial charge in [0.25, 0.3) is 0 Å². The van der Waals surface area contributed by atoms with E-state index in [1.807, 2.05) is 60.7 Å². The number of anilines is 1. The third-order valence-electron chi connectivity index (χ3n) is 7.44. The van der Waals surface area contributed by atoms with Crippen molar-refractivity contribution in [1.29, 1.82) is 0 Å². The molecule has 0 radical (unpaired) electrons. The molecule has 0 aromatic heterocycles. The largest absolute Gasteiger partial charge is 0.352 e. The molecular formula is C32H38BrN3O4S. The zero-order valence-corrected chi connectivity index (χ0v) is 25.8. The number of rotatable bonds is 13. The number of amides is 2. The van der Waals surface area contributed by atoms with E-state index in [0.717, 1.165) is 41.3 Å². The fraction of sp³-hybridized carbons (Fsp3) is 0.375. The average molecular weight is 641 g/mol. The van der Waals surface area contributed by atoms with E-state index in [4.69, 9.17) is 0 Å². The summed E-state index contributed by atoms with van der Waals surface area (Å²) in [5.74, 6) is -0.329. The maximum Gasteiger partial charge on any atom is 0.243 e. The van der Waals surface area contributed by atoms with E-state index in [1.165, 1.54) is 10.6 Å². The maximum absolute atomic E-state index is 13.9. The Bertz CT molecular complexity index is 1380. The van der Waals surface area contributed by atoms with Crippen LogP contribution in [0.3, 0.4) is 0 Å². The number of carbonyl (C=O) groups excluding carboxylic acids is 2. The van der Waals surface area contributed by atoms with Gasteiger partial charge in [-0.05, 0) is 54.7 Å². The van der Waals surface area contributed by atoms with Crippen LogP contribution in [0, 0.1) is 0 Å². The van der Waals surface area contributed by atoms with Crippen LogP contribution in [0.5, 0.6) is 0 Å². The average Bonchev–Trinajstić information content (AvgIpc) is 3.47. The quantitative estimate of drug-likeness (QED) is 0.260. The number of carbonyl (C=O) groups is 2. The molecular weight excluding hydrogens is 602 g/mol. The molecule has 0 bridgehead atoms. The molecule has 1 fully saturated rings. The van der Waals surface area contributed by atoms with Crippen molar-refractivity contribution in [3.05, 3.63) is 101 Å². The van der Waals surface area contributed by atoms with Crippen molar-refractivity contribution in [3.63, 3.8) is 0 Å². The molecule has 0 spiro atoms. The zero-order valence-electron chi connectivity index (χ0n) is 23.4. The highest BCUT2D eigenvalue weighted by molar-refractivity contribution is 9.10. The smallest absolute Gasteiger partial charge is 0.243 e. The molecule has 9 heteroatoms. The summed E-state index contributed by atoms with van der Waals surface area (Å²) in [5.41, 5.74) is 2.45. The van der Waals surface area contributed by atoms with E-state index >= 15 is 0 Å². The Labute approximate surface area is 252 Å². The predicted molar refractivity (Wildman–Crippen MR) is 167 cm³/mol. The van der Waals surface area contributed by atoms with Crippen LogP contribution in [-0.4, -0.2) is 50.0 Å². The van der Waals surface area contributed by atoms with Gasteiger partial charge in [0.05, 0.1) is 11.9 Å². The van der Waals surface area contributed by atoms with Crippen molar-refractivity contribution < 1.29 is 18.0 Å². The molecule has 7 nitrogen and oxygen atoms in total. The van der Waals surface area contributed by atoms with Gasteiger partial charge in [0.2, 0.25) is 21.8 Å². The lowest BCUT2D eigenvalue weighted by atomic mass is 10.0. The van der Waals surface area contributed by atoms with Gasteiger partial charge in [-0.25, -0.2) is 8.42 Å². The highest BCUT2D eigenvalue weighted by atomic mass is 79.9. The summed E-state index contributed by atoms with van der Waals surface area (Å²) < 4.78 is 27.4. The normalized spacial score (nSPS) is 14.4. The van der Waals surface area contributed by atoms with E-state index < -0.39 is 16.1 Å². The summed E-state index contributed by atoms with van der Waals surface area (Å²) in [6.45, 7) is 0.439. The SMILES string of the molecule is CS(=O)(=O)N(CCCC(=O)N(Cc1ccc(Br)cc1)C(Cc1ccccc1)C(=O)NC1CCCC1)c1ccccc1. The fourth-order valence-corrected chi connectivity index (χ4v) is 6.54. The second-order valence-corrected chi connectivity index (χ2v) is 13.4. The second kappa shape index (κ2) is 14.6. The number of sulfonamides is 1. The minimum Gasteiger partial charge on any atom is -0.352 e. The Hall–Kier alpha value is -3.17. The van der Waals surface area contributed by atoms with Gasteiger partial charge in [-0.15, -0.1) is 0 Å². The summed E-state index contributed by atoms with van der Waals surface area (Å²) in [6.07, 6.45) is 6.07. The summed E-state index contributed by atoms with van der Waals surface area (Å²) in [4.78, 5) is 29.4. The summed E-state index contributed by atoms with van der Waals surface area (Å²) in [6, 6.07) is 25.8. The Morgan fingerprint density at radius 2 is 1.51 bits per heavy atom. The van der Waals surface area contributed by atoms with Crippen LogP contribution in [0.15, 0.2) is 89.4 Å². The van der Waals surface area contributed by atoms with Crippen molar-refractivity contribution in [3.8, 4) is 0 Å². The molecule has 1 aliphatic rings. The first kappa shape index (κ1) is 30.8. The van der Waals surface area contributed by atoms with Crippen LogP contribution in [0.1, 0.15) is 49.7 Å². The van der Waals surface area contributed by atoms with Gasteiger partial charge in [-0.1, -0.05) is 89.4 Å². The fourth-order valence-electron chi connectivity index (χ4n) is 5.31. The lowest BCUT2D eigenvalue weighted by Crippen LogP contribution is -2.52. The molecule has 1 atom stereocenters. The Morgan fingerprint density at radius 1 is 0.902 bits per heavy atom. The molecule has 0 aliphatic heterocycles. The number of nitrogens with one attached hydrogen (secondary N) is 1. The van der Waals surface area contributed by atoms with E-state index in [9.17, 15) is 18.0 Å². The molecule has 1 aliphatic carbocycles. The molecule has 4 rings (SSSR count). The van der Waals surface area contributed by atoms with E-state index in [-0.39, 0.29) is 37.4 Å². The van der Waals surface area contributed by atoms with Crippen molar-refractivity contribution >= 4 is 43.5 Å². The molecule has 3 aromatic carbocycles. The van der Waals surface area contributed by atoms with Crippen LogP contribution < -0.4 is 9.62 Å². The standard InChI is InChI=1S/C32H38BrN3O4S/c1-41(39,40)36(29-15-6-3-7-16-29)22-10-17-31(37)35(24-26-18-20-27(33)21-19-26)30(23-25-11-4-2-5-12-25)32(38)34-28-13-8-9-14-28/h2-7,11-12,15-16,18-21,28,30H,8-10,13-14,17,22-24H2,1H3,(H,34,38). The Balaban J connectivity index is 1.57. The lowest BCUT2D eigenvalue weighted by molar-refractivity contribution is -0.141. The first-order valence-corrected chi connectivity index (χ1v) is 16.8. The summed E-state index contributed by atoms with van der Waals surface area (Å²) in [5, 5.41) is 3.22. The molecule has 1 saturated carbocycles. The number of halogens is 1. The Morgan fingerprint density at radius 3 is 2.12 bits per heavy atom. The molecule has 1 unspecified atom stereocenters. The molecule has 0 heterocycles. The number of para-hydroxylation sites is 1. The molecule has 0 saturated heterocycles. The first-order chi connectivity index (χ1) is 19.7. The number of benzene rings is 3. The molecule has 2 amide bonds. The van der Waals surface area contributed by atoms with Crippen LogP contribution in [0.25, 0.3) is 0 Å². The minimum absolute atomic E-state index is 0.109. The van der Waals surface area contributed by atoms with E-state index in [2.05, 4.69) is 21.2 Å². The van der Waals surface area contributed by atoms with Crippen molar-refractivity contribution in [2.75, 3.05) is 17.1 Å². The van der Waals surface area contributed by atoms with E-state index in [1.54, 1.807) is 29.2 Å². The zero-order chi connectivity index (χ0) is 29.2. The molecule has 1 N–H and O–H groups in total. The predicted octanol–water partition coefficient (Wildman–Crippen LogP) is 5.69. The molecule has 41 heavy (non-hydrogen) atoms. The second-order valence-electron chi connectivity index (χ2n) is 10.6. The summed E-state index contributed by atoms with van der Waals surface area (Å²) in [7, 11) is -3.53. The maximum atomic E-state index is 13.9. The van der Waals surface area contributed by atoms with Gasteiger partial charge in [0.15, 0.2) is 0 Å². The first-order valence-electron chi connectivity index (χ1n) is 14.1. The van der Waals surface area contributed by atoms with Crippen molar-refractivity contribution in [2.45, 2.75) is 63.6 Å². The van der Waals surface area contributed by atoms with Crippen LogP contribution in [0.2, 0.25) is 0 Å². The highest BCUT2D eigenvalue weighted by Gasteiger charge is 2.32. The van der Waals surface area contributed by atoms with Crippen molar-refractivity contribution in [1.82, 2.24) is 10.2 Å². The van der Waals surface area contributed by atoms with Gasteiger partial charge in [-0.2, -0.15) is 0 Å². The Kier molecular flexibility index (Phi) is 11.0. The van der Waals surface area contributed by atoms with Gasteiger partial charge >= 0.3 is 0 Å². The number of nitrogens with zero attached hydrogens (tertiary/aromatic N) is 2. The minimum atomic E-state index is -3.53. The van der Waals surface area contributed by atoms with Gasteiger partial charge < -0.3 is 10.2 Å².